The molecule has 0 aromatic carbocycles. The number of likely N-dealkylation sites (N-methyl/N-ethyl adjacent to an activating group) is 1. The topological polar surface area (TPSA) is 111 Å². The fourth-order valence-corrected chi connectivity index (χ4v) is 8.69. The number of quaternary nitrogens is 1. The monoisotopic (exact) mass is 1040 g/mol. The van der Waals surface area contributed by atoms with E-state index in [2.05, 4.69) is 105 Å². The maximum absolute atomic E-state index is 13.4. The van der Waals surface area contributed by atoms with Crippen molar-refractivity contribution in [2.45, 2.75) is 251 Å². The number of carbonyl (C=O) groups is 2. The number of phosphoric ester groups is 1. The first-order valence-corrected chi connectivity index (χ1v) is 31.1. The zero-order valence-corrected chi connectivity index (χ0v) is 48.7. The second-order valence-corrected chi connectivity index (χ2v) is 22.2. The highest BCUT2D eigenvalue weighted by Gasteiger charge is 2.30. The molecule has 0 saturated heterocycles. The molecule has 9 nitrogen and oxygen atoms in total. The molecule has 10 heteroatoms. The Balaban J connectivity index is 5.28. The van der Waals surface area contributed by atoms with Crippen LogP contribution in [0.5, 0.6) is 0 Å². The van der Waals surface area contributed by atoms with Gasteiger partial charge in [0.2, 0.25) is 5.91 Å². The SMILES string of the molecule is CC/C=C\C/C=C\C/C=C\C/C=C\C/C=C\CCCCCCCCCC(=O)OC(/C=C\CCCCCCCCCCC)C(COP(=O)(O)OCC[N+](C)(C)C)NC(=O)CC/C=C/C/C=C\CCCCCCCC. The summed E-state index contributed by atoms with van der Waals surface area (Å²) >= 11 is 0. The number of carbonyl (C=O) groups excluding carboxylic acids is 2. The van der Waals surface area contributed by atoms with E-state index >= 15 is 0 Å². The lowest BCUT2D eigenvalue weighted by atomic mass is 10.1. The van der Waals surface area contributed by atoms with Gasteiger partial charge >= 0.3 is 13.8 Å². The summed E-state index contributed by atoms with van der Waals surface area (Å²) in [7, 11) is 1.45. The summed E-state index contributed by atoms with van der Waals surface area (Å²) in [6.45, 7) is 6.82. The van der Waals surface area contributed by atoms with Crippen LogP contribution in [0.25, 0.3) is 0 Å². The average Bonchev–Trinajstić information content (AvgIpc) is 3.35. The number of allylic oxidation sites excluding steroid dienone is 15. The number of ether oxygens (including phenoxy) is 1. The van der Waals surface area contributed by atoms with Crippen LogP contribution in [-0.2, 0) is 27.9 Å². The third-order valence-corrected chi connectivity index (χ3v) is 13.5. The fraction of sp³-hybridized carbons (Fsp3) is 0.714. The zero-order valence-electron chi connectivity index (χ0n) is 47.8. The number of nitrogens with one attached hydrogen (secondary N) is 1. The van der Waals surface area contributed by atoms with Gasteiger partial charge in [-0.3, -0.25) is 18.6 Å². The van der Waals surface area contributed by atoms with Crippen molar-refractivity contribution in [2.24, 2.45) is 0 Å². The Kier molecular flexibility index (Phi) is 50.2. The molecular weight excluding hydrogens is 928 g/mol. The maximum atomic E-state index is 13.4. The van der Waals surface area contributed by atoms with Gasteiger partial charge in [-0.2, -0.15) is 0 Å². The van der Waals surface area contributed by atoms with E-state index in [0.717, 1.165) is 89.9 Å². The molecule has 0 rings (SSSR count). The highest BCUT2D eigenvalue weighted by molar-refractivity contribution is 7.47. The molecule has 0 spiro atoms. The summed E-state index contributed by atoms with van der Waals surface area (Å²) in [4.78, 5) is 37.5. The number of unbranched alkanes of at least 4 members (excludes halogenated alkanes) is 22. The molecule has 3 unspecified atom stereocenters. The normalized spacial score (nSPS) is 14.5. The minimum Gasteiger partial charge on any atom is -0.456 e. The van der Waals surface area contributed by atoms with Crippen molar-refractivity contribution in [3.63, 3.8) is 0 Å². The number of esters is 1. The van der Waals surface area contributed by atoms with E-state index in [0.29, 0.717) is 23.9 Å². The van der Waals surface area contributed by atoms with Crippen molar-refractivity contribution < 1.29 is 37.3 Å². The summed E-state index contributed by atoms with van der Waals surface area (Å²) < 4.78 is 30.5. The summed E-state index contributed by atoms with van der Waals surface area (Å²) in [5.41, 5.74) is 0. The number of hydrogen-bond donors (Lipinski definition) is 2. The third-order valence-electron chi connectivity index (χ3n) is 12.5. The van der Waals surface area contributed by atoms with Crippen LogP contribution in [0.1, 0.15) is 239 Å². The molecule has 0 aromatic rings. The predicted octanol–water partition coefficient (Wildman–Crippen LogP) is 18.0. The number of nitrogens with zero attached hydrogens (tertiary/aromatic N) is 1. The minimum absolute atomic E-state index is 0.0248. The highest BCUT2D eigenvalue weighted by atomic mass is 31.2. The van der Waals surface area contributed by atoms with Crippen molar-refractivity contribution in [2.75, 3.05) is 40.9 Å². The van der Waals surface area contributed by atoms with E-state index in [9.17, 15) is 19.0 Å². The lowest BCUT2D eigenvalue weighted by molar-refractivity contribution is -0.870. The molecule has 0 bridgehead atoms. The second kappa shape index (κ2) is 52.4. The summed E-state index contributed by atoms with van der Waals surface area (Å²) in [6, 6.07) is -0.887. The van der Waals surface area contributed by atoms with Crippen molar-refractivity contribution in [3.8, 4) is 0 Å². The van der Waals surface area contributed by atoms with Crippen molar-refractivity contribution in [1.82, 2.24) is 5.32 Å². The summed E-state index contributed by atoms with van der Waals surface area (Å²) in [5, 5.41) is 3.00. The van der Waals surface area contributed by atoms with Gasteiger partial charge in [-0.25, -0.2) is 4.57 Å². The van der Waals surface area contributed by atoms with Gasteiger partial charge in [0, 0.05) is 12.8 Å². The Morgan fingerprint density at radius 1 is 0.493 bits per heavy atom. The van der Waals surface area contributed by atoms with Crippen molar-refractivity contribution >= 4 is 19.7 Å². The summed E-state index contributed by atoms with van der Waals surface area (Å²) in [5.74, 6) is -0.602. The largest absolute Gasteiger partial charge is 0.472 e. The molecular formula is C63H112N2O7P+. The van der Waals surface area contributed by atoms with Gasteiger partial charge in [-0.1, -0.05) is 227 Å². The fourth-order valence-electron chi connectivity index (χ4n) is 7.96. The predicted molar refractivity (Wildman–Crippen MR) is 314 cm³/mol. The molecule has 0 radical (unpaired) electrons. The number of rotatable bonds is 52. The Morgan fingerprint density at radius 2 is 0.890 bits per heavy atom. The molecule has 2 N–H and O–H groups in total. The molecule has 0 saturated carbocycles. The first kappa shape index (κ1) is 69.9. The summed E-state index contributed by atoms with van der Waals surface area (Å²) in [6.07, 6.45) is 70.0. The van der Waals surface area contributed by atoms with Crippen LogP contribution >= 0.6 is 7.82 Å². The minimum atomic E-state index is -4.46. The zero-order chi connectivity index (χ0) is 53.6. The third kappa shape index (κ3) is 53.6. The molecule has 0 aliphatic rings. The van der Waals surface area contributed by atoms with Crippen LogP contribution in [0.4, 0.5) is 0 Å². The highest BCUT2D eigenvalue weighted by Crippen LogP contribution is 2.43. The molecule has 1 amide bonds. The molecule has 0 aliphatic heterocycles. The maximum Gasteiger partial charge on any atom is 0.472 e. The van der Waals surface area contributed by atoms with Crippen LogP contribution in [0.3, 0.4) is 0 Å². The molecule has 0 heterocycles. The van der Waals surface area contributed by atoms with E-state index in [1.807, 2.05) is 39.4 Å². The smallest absolute Gasteiger partial charge is 0.456 e. The lowest BCUT2D eigenvalue weighted by Gasteiger charge is -2.27. The van der Waals surface area contributed by atoms with Gasteiger partial charge in [-0.15, -0.1) is 0 Å². The van der Waals surface area contributed by atoms with Gasteiger partial charge in [0.15, 0.2) is 0 Å². The van der Waals surface area contributed by atoms with E-state index < -0.39 is 20.0 Å². The van der Waals surface area contributed by atoms with Gasteiger partial charge in [0.1, 0.15) is 19.3 Å². The van der Waals surface area contributed by atoms with Gasteiger partial charge in [0.25, 0.3) is 0 Å². The Morgan fingerprint density at radius 3 is 1.34 bits per heavy atom. The van der Waals surface area contributed by atoms with E-state index in [4.69, 9.17) is 13.8 Å². The standard InChI is InChI=1S/C63H111N2O7P/c1-7-10-13-16-19-22-25-27-28-29-30-31-32-33-34-35-36-38-41-44-47-50-53-56-63(67)72-61(54-51-48-45-42-39-24-21-18-15-12-9-3)60(59-71-73(68,69)70-58-57-65(4,5)6)64-62(66)55-52-49-46-43-40-37-26-23-20-17-14-11-8-2/h10,13,19,22,27-28,30-31,33-34,37,40,46,49,51,54,60-61H,7-9,11-12,14-18,20-21,23-26,29,32,35-36,38-39,41-45,47-48,50,52-53,55-59H2,1-6H3,(H-,64,66,68,69)/p+1/b13-10-,22-19-,28-27-,31-30-,34-33-,40-37-,49-46+,54-51-. The molecule has 0 aromatic heterocycles. The average molecular weight is 1040 g/mol. The molecule has 0 aliphatic carbocycles. The first-order chi connectivity index (χ1) is 35.4. The Labute approximate surface area is 449 Å². The quantitative estimate of drug-likeness (QED) is 0.0205. The van der Waals surface area contributed by atoms with Crippen molar-refractivity contribution in [1.29, 1.82) is 0 Å². The number of amides is 1. The van der Waals surface area contributed by atoms with Crippen molar-refractivity contribution in [3.05, 3.63) is 97.2 Å². The van der Waals surface area contributed by atoms with E-state index in [1.165, 1.54) is 103 Å². The van der Waals surface area contributed by atoms with E-state index in [-0.39, 0.29) is 37.9 Å². The van der Waals surface area contributed by atoms with Crippen LogP contribution in [0.2, 0.25) is 0 Å². The molecule has 3 atom stereocenters. The van der Waals surface area contributed by atoms with Crippen LogP contribution in [0.15, 0.2) is 97.2 Å². The molecule has 0 fully saturated rings. The van der Waals surface area contributed by atoms with Gasteiger partial charge in [-0.05, 0) is 96.0 Å². The molecule has 420 valence electrons. The number of phosphoric acid groups is 1. The van der Waals surface area contributed by atoms with Crippen LogP contribution < -0.4 is 5.32 Å². The van der Waals surface area contributed by atoms with Gasteiger partial charge in [0.05, 0.1) is 33.8 Å². The Bertz CT molecular complexity index is 1570. The first-order valence-electron chi connectivity index (χ1n) is 29.6. The second-order valence-electron chi connectivity index (χ2n) is 20.8. The lowest BCUT2D eigenvalue weighted by Crippen LogP contribution is -2.47. The van der Waals surface area contributed by atoms with Crippen LogP contribution in [-0.4, -0.2) is 74.3 Å². The van der Waals surface area contributed by atoms with Gasteiger partial charge < -0.3 is 19.4 Å². The number of hydrogen-bond acceptors (Lipinski definition) is 6. The van der Waals surface area contributed by atoms with E-state index in [1.54, 1.807) is 0 Å². The molecule has 73 heavy (non-hydrogen) atoms. The Hall–Kier alpha value is -3.07. The van der Waals surface area contributed by atoms with Crippen LogP contribution in [0, 0.1) is 0 Å².